The van der Waals surface area contributed by atoms with Crippen LogP contribution in [0.15, 0.2) is 23.5 Å². The number of nitrogens with zero attached hydrogens (tertiary/aromatic N) is 6. The highest BCUT2D eigenvalue weighted by Crippen LogP contribution is 2.48. The molecular weight excluding hydrogens is 315 g/mol. The number of hydrogen-bond acceptors (Lipinski definition) is 6. The molecular formula is C15H19FN6O2. The molecule has 0 radical (unpaired) electrons. The number of aliphatic imine (C=N–C) groups is 1. The second kappa shape index (κ2) is 6.25. The van der Waals surface area contributed by atoms with E-state index in [-0.39, 0.29) is 42.6 Å². The average Bonchev–Trinajstić information content (AvgIpc) is 2.93. The molecule has 0 amide bonds. The van der Waals surface area contributed by atoms with Gasteiger partial charge >= 0.3 is 6.08 Å². The summed E-state index contributed by atoms with van der Waals surface area (Å²) in [4.78, 5) is 17.6. The fraction of sp³-hybridized carbons (Fsp3) is 0.467. The fourth-order valence-electron chi connectivity index (χ4n) is 3.07. The van der Waals surface area contributed by atoms with Crippen molar-refractivity contribution in [3.05, 3.63) is 24.6 Å². The van der Waals surface area contributed by atoms with Gasteiger partial charge in [0.1, 0.15) is 0 Å². The lowest BCUT2D eigenvalue weighted by molar-refractivity contribution is 0.0536. The van der Waals surface area contributed by atoms with Crippen LogP contribution in [-0.2, 0) is 0 Å². The predicted molar refractivity (Wildman–Crippen MR) is 86.4 cm³/mol. The van der Waals surface area contributed by atoms with Crippen LogP contribution in [0.2, 0.25) is 0 Å². The van der Waals surface area contributed by atoms with E-state index in [4.69, 9.17) is 0 Å². The number of aromatic nitrogens is 4. The zero-order chi connectivity index (χ0) is 17.4. The van der Waals surface area contributed by atoms with Crippen LogP contribution < -0.4 is 0 Å². The van der Waals surface area contributed by atoms with Gasteiger partial charge in [-0.1, -0.05) is 6.58 Å². The van der Waals surface area contributed by atoms with Crippen LogP contribution in [0.4, 0.5) is 10.2 Å². The highest BCUT2D eigenvalue weighted by Gasteiger charge is 2.45. The van der Waals surface area contributed by atoms with Crippen molar-refractivity contribution < 1.29 is 14.6 Å². The maximum absolute atomic E-state index is 13.8. The van der Waals surface area contributed by atoms with Gasteiger partial charge in [-0.05, 0) is 5.57 Å². The van der Waals surface area contributed by atoms with Gasteiger partial charge in [-0.15, -0.1) is 0 Å². The molecule has 1 aliphatic carbocycles. The molecule has 0 spiro atoms. The highest BCUT2D eigenvalue weighted by atomic mass is 19.1. The van der Waals surface area contributed by atoms with Crippen LogP contribution in [-0.4, -0.2) is 68.3 Å². The van der Waals surface area contributed by atoms with Gasteiger partial charge in [0, 0.05) is 32.5 Å². The molecule has 3 rings (SSSR count). The first-order chi connectivity index (χ1) is 11.5. The number of fused-ring (bicyclic) bond motifs is 1. The molecule has 9 heteroatoms. The summed E-state index contributed by atoms with van der Waals surface area (Å²) in [6, 6.07) is -0.294. The van der Waals surface area contributed by atoms with E-state index in [9.17, 15) is 14.6 Å². The van der Waals surface area contributed by atoms with Crippen molar-refractivity contribution >= 4 is 23.3 Å². The quantitative estimate of drug-likeness (QED) is 0.358. The Kier molecular flexibility index (Phi) is 4.29. The Bertz CT molecular complexity index is 803. The minimum atomic E-state index is -0.903. The van der Waals surface area contributed by atoms with Gasteiger partial charge in [0.05, 0.1) is 25.3 Å². The average molecular weight is 334 g/mol. The largest absolute Gasteiger partial charge is 0.396 e. The molecule has 1 fully saturated rings. The topological polar surface area (TPSA) is 99.7 Å². The lowest BCUT2D eigenvalue weighted by Gasteiger charge is -2.46. The molecule has 0 unspecified atom stereocenters. The first-order valence-electron chi connectivity index (χ1n) is 7.49. The smallest absolute Gasteiger partial charge is 0.312 e. The van der Waals surface area contributed by atoms with Crippen LogP contribution in [0.25, 0.3) is 11.2 Å². The Hall–Kier alpha value is -2.39. The molecule has 1 aliphatic rings. The monoisotopic (exact) mass is 334 g/mol. The van der Waals surface area contributed by atoms with E-state index >= 15 is 0 Å². The molecule has 128 valence electrons. The molecule has 0 saturated heterocycles. The molecule has 0 aromatic carbocycles. The molecule has 0 aliphatic heterocycles. The normalized spacial score (nSPS) is 23.9. The molecule has 2 aromatic rings. The minimum Gasteiger partial charge on any atom is -0.396 e. The van der Waals surface area contributed by atoms with Crippen molar-refractivity contribution in [2.45, 2.75) is 6.04 Å². The van der Waals surface area contributed by atoms with Crippen molar-refractivity contribution in [3.63, 3.8) is 0 Å². The first kappa shape index (κ1) is 16.5. The predicted octanol–water partition coefficient (Wildman–Crippen LogP) is 0.515. The Labute approximate surface area is 138 Å². The Balaban J connectivity index is 2.07. The van der Waals surface area contributed by atoms with Crippen LogP contribution in [0, 0.1) is 17.9 Å². The zero-order valence-electron chi connectivity index (χ0n) is 13.5. The Morgan fingerprint density at radius 1 is 1.38 bits per heavy atom. The number of imidazole rings is 1. The van der Waals surface area contributed by atoms with E-state index < -0.39 is 6.08 Å². The Morgan fingerprint density at radius 3 is 2.75 bits per heavy atom. The van der Waals surface area contributed by atoms with Crippen molar-refractivity contribution in [2.24, 2.45) is 16.8 Å². The number of rotatable bonds is 5. The summed E-state index contributed by atoms with van der Waals surface area (Å²) in [7, 11) is 3.58. The maximum atomic E-state index is 13.8. The number of hydrogen-bond donors (Lipinski definition) is 2. The zero-order valence-corrected chi connectivity index (χ0v) is 13.5. The summed E-state index contributed by atoms with van der Waals surface area (Å²) in [6.45, 7) is 3.76. The van der Waals surface area contributed by atoms with E-state index in [0.717, 1.165) is 5.57 Å². The number of halogens is 1. The molecule has 3 atom stereocenters. The number of aliphatic hydroxyl groups excluding tert-OH is 2. The van der Waals surface area contributed by atoms with Gasteiger partial charge in [-0.2, -0.15) is 14.4 Å². The summed E-state index contributed by atoms with van der Waals surface area (Å²) in [5.74, 6) is -0.267. The molecule has 0 bridgehead atoms. The minimum absolute atomic E-state index is 0.0884. The number of aliphatic hydroxyl groups is 2. The molecule has 2 heterocycles. The molecule has 24 heavy (non-hydrogen) atoms. The van der Waals surface area contributed by atoms with E-state index in [2.05, 4.69) is 26.5 Å². The lowest BCUT2D eigenvalue weighted by atomic mass is 9.66. The summed E-state index contributed by atoms with van der Waals surface area (Å²) >= 11 is 0. The lowest BCUT2D eigenvalue weighted by Crippen LogP contribution is -2.44. The fourth-order valence-corrected chi connectivity index (χ4v) is 3.07. The summed E-state index contributed by atoms with van der Waals surface area (Å²) in [6.07, 6.45) is 2.11. The van der Waals surface area contributed by atoms with Crippen LogP contribution in [0.1, 0.15) is 6.04 Å². The van der Waals surface area contributed by atoms with Gasteiger partial charge in [0.25, 0.3) is 0 Å². The van der Waals surface area contributed by atoms with Gasteiger partial charge in [0.15, 0.2) is 17.0 Å². The Morgan fingerprint density at radius 2 is 2.12 bits per heavy atom. The first-order valence-corrected chi connectivity index (χ1v) is 7.49. The van der Waals surface area contributed by atoms with Crippen molar-refractivity contribution in [2.75, 3.05) is 27.3 Å². The third-order valence-corrected chi connectivity index (χ3v) is 4.27. The summed E-state index contributed by atoms with van der Waals surface area (Å²) < 4.78 is 15.5. The molecule has 2 N–H and O–H groups in total. The van der Waals surface area contributed by atoms with Crippen molar-refractivity contribution in [1.29, 1.82) is 0 Å². The second-order valence-corrected chi connectivity index (χ2v) is 6.00. The third-order valence-electron chi connectivity index (χ3n) is 4.27. The molecule has 1 saturated carbocycles. The standard InChI is InChI=1S/C15H19FN6O2/c1-8-9(4-23)10(5-24)12(8)22-7-17-11-13(18-6-21(2)3)19-15(16)20-14(11)22/h6-7,9-10,12,23-24H,1,4-5H2,2-3H3/t9-,10+,12+/m0/s1. The summed E-state index contributed by atoms with van der Waals surface area (Å²) in [5.41, 5.74) is 1.41. The van der Waals surface area contributed by atoms with Crippen LogP contribution in [0.5, 0.6) is 0 Å². The summed E-state index contributed by atoms with van der Waals surface area (Å²) in [5, 5.41) is 19.0. The maximum Gasteiger partial charge on any atom is 0.312 e. The van der Waals surface area contributed by atoms with Gasteiger partial charge in [-0.3, -0.25) is 0 Å². The van der Waals surface area contributed by atoms with Crippen molar-refractivity contribution in [1.82, 2.24) is 24.4 Å². The van der Waals surface area contributed by atoms with Gasteiger partial charge < -0.3 is 19.7 Å². The van der Waals surface area contributed by atoms with E-state index in [0.29, 0.717) is 5.52 Å². The van der Waals surface area contributed by atoms with Crippen molar-refractivity contribution in [3.8, 4) is 0 Å². The van der Waals surface area contributed by atoms with Gasteiger partial charge in [-0.25, -0.2) is 9.98 Å². The van der Waals surface area contributed by atoms with E-state index in [1.54, 1.807) is 23.6 Å². The highest BCUT2D eigenvalue weighted by molar-refractivity contribution is 5.83. The van der Waals surface area contributed by atoms with E-state index in [1.165, 1.54) is 12.7 Å². The second-order valence-electron chi connectivity index (χ2n) is 6.00. The molecule has 8 nitrogen and oxygen atoms in total. The van der Waals surface area contributed by atoms with Gasteiger partial charge in [0.2, 0.25) is 0 Å². The SMILES string of the molecule is C=C1[C@@H](n2cnc3c(N=CN(C)C)nc(F)nc32)[C@H](CO)[C@H]1CO. The van der Waals surface area contributed by atoms with Crippen LogP contribution in [0.3, 0.4) is 0 Å². The van der Waals surface area contributed by atoms with Crippen LogP contribution >= 0.6 is 0 Å². The third kappa shape index (κ3) is 2.55. The van der Waals surface area contributed by atoms with E-state index in [1.807, 2.05) is 0 Å². The molecule has 2 aromatic heterocycles.